The lowest BCUT2D eigenvalue weighted by atomic mass is 10.2. The van der Waals surface area contributed by atoms with Gasteiger partial charge in [0, 0.05) is 0 Å². The first-order valence-corrected chi connectivity index (χ1v) is 7.25. The van der Waals surface area contributed by atoms with Crippen LogP contribution in [-0.2, 0) is 19.0 Å². The SMILES string of the molecule is CCOC(=O)[C@@H]1OC(C)(C)O[C@@H]1c1sc(Cl)nc1Cl. The molecule has 1 aliphatic rings. The second kappa shape index (κ2) is 5.54. The maximum atomic E-state index is 11.9. The van der Waals surface area contributed by atoms with E-state index in [4.69, 9.17) is 37.4 Å². The fourth-order valence-corrected chi connectivity index (χ4v) is 3.28. The number of carbonyl (C=O) groups excluding carboxylic acids is 1. The molecule has 1 saturated heterocycles. The molecule has 0 aliphatic carbocycles. The normalized spacial score (nSPS) is 25.5. The van der Waals surface area contributed by atoms with Gasteiger partial charge >= 0.3 is 5.97 Å². The van der Waals surface area contributed by atoms with E-state index in [0.717, 1.165) is 11.3 Å². The number of carbonyl (C=O) groups is 1. The summed E-state index contributed by atoms with van der Waals surface area (Å²) in [5.74, 6) is -1.39. The van der Waals surface area contributed by atoms with Gasteiger partial charge in [0.25, 0.3) is 0 Å². The molecule has 5 nitrogen and oxygen atoms in total. The lowest BCUT2D eigenvalue weighted by Gasteiger charge is -2.16. The highest BCUT2D eigenvalue weighted by molar-refractivity contribution is 7.16. The van der Waals surface area contributed by atoms with Crippen molar-refractivity contribution in [3.05, 3.63) is 14.5 Å². The molecule has 1 fully saturated rings. The molecular weight excluding hydrogens is 313 g/mol. The predicted octanol–water partition coefficient (Wildman–Crippen LogP) is 3.21. The number of nitrogens with zero attached hydrogens (tertiary/aromatic N) is 1. The number of ether oxygens (including phenoxy) is 3. The summed E-state index contributed by atoms with van der Waals surface area (Å²) in [5.41, 5.74) is 0. The number of hydrogen-bond acceptors (Lipinski definition) is 6. The molecule has 19 heavy (non-hydrogen) atoms. The topological polar surface area (TPSA) is 57.7 Å². The van der Waals surface area contributed by atoms with Crippen molar-refractivity contribution in [1.82, 2.24) is 4.98 Å². The second-order valence-electron chi connectivity index (χ2n) is 4.35. The van der Waals surface area contributed by atoms with Gasteiger partial charge in [0.05, 0.1) is 11.5 Å². The molecule has 0 N–H and O–H groups in total. The fraction of sp³-hybridized carbons (Fsp3) is 0.636. The van der Waals surface area contributed by atoms with Crippen molar-refractivity contribution in [3.8, 4) is 0 Å². The van der Waals surface area contributed by atoms with Gasteiger partial charge in [-0.1, -0.05) is 23.2 Å². The van der Waals surface area contributed by atoms with Crippen LogP contribution in [0.25, 0.3) is 0 Å². The Morgan fingerprint density at radius 2 is 2.16 bits per heavy atom. The van der Waals surface area contributed by atoms with Crippen LogP contribution in [0.3, 0.4) is 0 Å². The van der Waals surface area contributed by atoms with E-state index < -0.39 is 24.0 Å². The Hall–Kier alpha value is -0.400. The van der Waals surface area contributed by atoms with Crippen LogP contribution in [0.5, 0.6) is 0 Å². The van der Waals surface area contributed by atoms with Crippen molar-refractivity contribution in [2.24, 2.45) is 0 Å². The van der Waals surface area contributed by atoms with Crippen LogP contribution in [0.15, 0.2) is 0 Å². The number of esters is 1. The van der Waals surface area contributed by atoms with Crippen LogP contribution in [0.2, 0.25) is 9.62 Å². The molecule has 2 atom stereocenters. The zero-order chi connectivity index (χ0) is 14.2. The van der Waals surface area contributed by atoms with Crippen LogP contribution in [0.1, 0.15) is 31.8 Å². The van der Waals surface area contributed by atoms with E-state index in [-0.39, 0.29) is 16.2 Å². The summed E-state index contributed by atoms with van der Waals surface area (Å²) in [7, 11) is 0. The third-order valence-corrected chi connectivity index (χ3v) is 4.08. The second-order valence-corrected chi connectivity index (χ2v) is 6.32. The first kappa shape index (κ1) is 15.0. The van der Waals surface area contributed by atoms with E-state index in [1.165, 1.54) is 0 Å². The summed E-state index contributed by atoms with van der Waals surface area (Å²) in [5, 5.41) is 0.218. The molecule has 0 bridgehead atoms. The molecule has 0 amide bonds. The maximum Gasteiger partial charge on any atom is 0.338 e. The zero-order valence-corrected chi connectivity index (χ0v) is 12.9. The summed E-state index contributed by atoms with van der Waals surface area (Å²) in [6.07, 6.45) is -1.53. The van der Waals surface area contributed by atoms with Gasteiger partial charge in [0.1, 0.15) is 11.3 Å². The molecule has 0 unspecified atom stereocenters. The largest absolute Gasteiger partial charge is 0.464 e. The Labute approximate surface area is 124 Å². The van der Waals surface area contributed by atoms with E-state index >= 15 is 0 Å². The van der Waals surface area contributed by atoms with Gasteiger partial charge in [-0.3, -0.25) is 0 Å². The Morgan fingerprint density at radius 1 is 1.47 bits per heavy atom. The highest BCUT2D eigenvalue weighted by Gasteiger charge is 2.48. The minimum absolute atomic E-state index is 0.218. The van der Waals surface area contributed by atoms with Gasteiger partial charge < -0.3 is 14.2 Å². The van der Waals surface area contributed by atoms with Crippen LogP contribution < -0.4 is 0 Å². The van der Waals surface area contributed by atoms with Crippen LogP contribution >= 0.6 is 34.5 Å². The van der Waals surface area contributed by atoms with Crippen LogP contribution in [-0.4, -0.2) is 29.5 Å². The highest BCUT2D eigenvalue weighted by Crippen LogP contribution is 2.44. The Morgan fingerprint density at radius 3 is 2.68 bits per heavy atom. The highest BCUT2D eigenvalue weighted by atomic mass is 35.5. The van der Waals surface area contributed by atoms with Gasteiger partial charge in [0.2, 0.25) is 0 Å². The number of rotatable bonds is 3. The summed E-state index contributed by atoms with van der Waals surface area (Å²) < 4.78 is 16.6. The van der Waals surface area contributed by atoms with Gasteiger partial charge in [-0.2, -0.15) is 0 Å². The lowest BCUT2D eigenvalue weighted by molar-refractivity contribution is -0.170. The molecule has 0 radical (unpaired) electrons. The van der Waals surface area contributed by atoms with Crippen LogP contribution in [0.4, 0.5) is 0 Å². The number of hydrogen-bond donors (Lipinski definition) is 0. The third kappa shape index (κ3) is 3.20. The molecule has 1 aromatic rings. The minimum Gasteiger partial charge on any atom is -0.464 e. The van der Waals surface area contributed by atoms with Gasteiger partial charge in [0.15, 0.2) is 16.4 Å². The summed E-state index contributed by atoms with van der Waals surface area (Å²) >= 11 is 13.0. The number of halogens is 2. The van der Waals surface area contributed by atoms with Crippen molar-refractivity contribution in [1.29, 1.82) is 0 Å². The molecule has 0 aromatic carbocycles. The van der Waals surface area contributed by atoms with Crippen molar-refractivity contribution < 1.29 is 19.0 Å². The van der Waals surface area contributed by atoms with Crippen molar-refractivity contribution in [2.45, 2.75) is 38.8 Å². The average molecular weight is 326 g/mol. The maximum absolute atomic E-state index is 11.9. The lowest BCUT2D eigenvalue weighted by Crippen LogP contribution is -2.29. The number of aromatic nitrogens is 1. The molecule has 2 heterocycles. The monoisotopic (exact) mass is 325 g/mol. The molecule has 2 rings (SSSR count). The minimum atomic E-state index is -0.901. The molecule has 106 valence electrons. The van der Waals surface area contributed by atoms with Crippen LogP contribution in [0, 0.1) is 0 Å². The predicted molar refractivity (Wildman–Crippen MR) is 71.5 cm³/mol. The van der Waals surface area contributed by atoms with E-state index in [2.05, 4.69) is 4.98 Å². The standard InChI is InChI=1S/C11H13Cl2NO4S/c1-4-16-9(15)6-5(17-11(2,3)18-6)7-8(12)14-10(13)19-7/h5-6H,4H2,1-3H3/t5-,6+/m0/s1. The van der Waals surface area contributed by atoms with E-state index in [1.54, 1.807) is 20.8 Å². The Balaban J connectivity index is 2.30. The molecule has 1 aromatic heterocycles. The van der Waals surface area contributed by atoms with Crippen molar-refractivity contribution >= 4 is 40.5 Å². The summed E-state index contributed by atoms with van der Waals surface area (Å²) in [4.78, 5) is 16.4. The summed E-state index contributed by atoms with van der Waals surface area (Å²) in [6.45, 7) is 5.43. The fourth-order valence-electron chi connectivity index (χ4n) is 1.81. The first-order chi connectivity index (χ1) is 8.84. The van der Waals surface area contributed by atoms with Crippen molar-refractivity contribution in [2.75, 3.05) is 6.61 Å². The molecule has 0 spiro atoms. The van der Waals surface area contributed by atoms with E-state index in [0.29, 0.717) is 4.88 Å². The van der Waals surface area contributed by atoms with Crippen molar-refractivity contribution in [3.63, 3.8) is 0 Å². The van der Waals surface area contributed by atoms with E-state index in [1.807, 2.05) is 0 Å². The first-order valence-electron chi connectivity index (χ1n) is 5.68. The Kier molecular flexibility index (Phi) is 4.37. The smallest absolute Gasteiger partial charge is 0.338 e. The summed E-state index contributed by atoms with van der Waals surface area (Å²) in [6, 6.07) is 0. The Bertz CT molecular complexity index is 491. The molecule has 0 saturated carbocycles. The average Bonchev–Trinajstić information content (AvgIpc) is 2.78. The molecule has 8 heteroatoms. The van der Waals surface area contributed by atoms with Gasteiger partial charge in [-0.05, 0) is 20.8 Å². The van der Waals surface area contributed by atoms with Gasteiger partial charge in [-0.25, -0.2) is 9.78 Å². The molecular formula is C11H13Cl2NO4S. The quantitative estimate of drug-likeness (QED) is 0.799. The molecule has 1 aliphatic heterocycles. The van der Waals surface area contributed by atoms with E-state index in [9.17, 15) is 4.79 Å². The number of thiazole rings is 1. The van der Waals surface area contributed by atoms with Gasteiger partial charge in [-0.15, -0.1) is 11.3 Å². The third-order valence-electron chi connectivity index (χ3n) is 2.46. The zero-order valence-electron chi connectivity index (χ0n) is 10.6.